The number of carbonyl (C=O) groups is 1. The number of aromatic nitrogens is 1. The fourth-order valence-corrected chi connectivity index (χ4v) is 3.95. The van der Waals surface area contributed by atoms with Crippen LogP contribution in [-0.2, 0) is 16.3 Å². The molecule has 0 fully saturated rings. The average Bonchev–Trinajstić information content (AvgIpc) is 3.08. The molecule has 6 nitrogen and oxygen atoms in total. The van der Waals surface area contributed by atoms with Crippen LogP contribution in [0.4, 0.5) is 18.3 Å². The molecule has 1 N–H and O–H groups in total. The van der Waals surface area contributed by atoms with E-state index in [1.165, 1.54) is 59.9 Å². The van der Waals surface area contributed by atoms with E-state index >= 15 is 0 Å². The molecule has 2 aromatic carbocycles. The molecule has 0 atom stereocenters. The van der Waals surface area contributed by atoms with Crippen molar-refractivity contribution in [2.75, 3.05) is 11.6 Å². The number of hydrogen-bond donors (Lipinski definition) is 1. The molecule has 11 heteroatoms. The zero-order valence-corrected chi connectivity index (χ0v) is 17.1. The lowest BCUT2D eigenvalue weighted by Crippen LogP contribution is -2.17. The van der Waals surface area contributed by atoms with E-state index in [4.69, 9.17) is 0 Å². The van der Waals surface area contributed by atoms with Crippen molar-refractivity contribution in [2.45, 2.75) is 17.7 Å². The van der Waals surface area contributed by atoms with Gasteiger partial charge < -0.3 is 4.74 Å². The van der Waals surface area contributed by atoms with Crippen molar-refractivity contribution in [3.8, 4) is 5.75 Å². The maximum Gasteiger partial charge on any atom is 0.573 e. The highest BCUT2D eigenvalue weighted by atomic mass is 32.2. The van der Waals surface area contributed by atoms with Crippen LogP contribution in [0, 0.1) is 0 Å². The predicted molar refractivity (Wildman–Crippen MR) is 106 cm³/mol. The molecule has 3 aromatic rings. The van der Waals surface area contributed by atoms with Crippen molar-refractivity contribution >= 4 is 32.2 Å². The quantitative estimate of drug-likeness (QED) is 0.598. The SMILES string of the molecule is CS(=O)(=O)c1ccc(C(=O)Nc2ncc(Cc3ccc(OC(F)(F)F)cc3)s2)cc1. The van der Waals surface area contributed by atoms with Gasteiger partial charge in [-0.15, -0.1) is 24.5 Å². The largest absolute Gasteiger partial charge is 0.573 e. The van der Waals surface area contributed by atoms with Gasteiger partial charge >= 0.3 is 6.36 Å². The zero-order chi connectivity index (χ0) is 21.9. The van der Waals surface area contributed by atoms with Crippen molar-refractivity contribution in [1.82, 2.24) is 4.98 Å². The Hall–Kier alpha value is -2.92. The molecule has 3 rings (SSSR count). The zero-order valence-electron chi connectivity index (χ0n) is 15.4. The molecule has 30 heavy (non-hydrogen) atoms. The molecule has 158 valence electrons. The van der Waals surface area contributed by atoms with Crippen molar-refractivity contribution in [2.24, 2.45) is 0 Å². The molecular formula is C19H15F3N2O4S2. The summed E-state index contributed by atoms with van der Waals surface area (Å²) in [6.07, 6.45) is -1.68. The number of sulfone groups is 1. The third-order valence-corrected chi connectivity index (χ3v) is 5.90. The van der Waals surface area contributed by atoms with E-state index in [0.29, 0.717) is 11.6 Å². The van der Waals surface area contributed by atoms with Gasteiger partial charge in [0.15, 0.2) is 15.0 Å². The van der Waals surface area contributed by atoms with Gasteiger partial charge in [-0.1, -0.05) is 12.1 Å². The van der Waals surface area contributed by atoms with Crippen LogP contribution in [0.3, 0.4) is 0 Å². The first-order valence-electron chi connectivity index (χ1n) is 8.40. The van der Waals surface area contributed by atoms with Gasteiger partial charge in [0.05, 0.1) is 4.90 Å². The van der Waals surface area contributed by atoms with Gasteiger partial charge in [0.2, 0.25) is 0 Å². The van der Waals surface area contributed by atoms with Crippen molar-refractivity contribution in [3.05, 3.63) is 70.7 Å². The monoisotopic (exact) mass is 456 g/mol. The molecule has 0 aliphatic heterocycles. The summed E-state index contributed by atoms with van der Waals surface area (Å²) in [5.74, 6) is -0.741. The minimum atomic E-state index is -4.74. The molecule has 0 unspecified atom stereocenters. The minimum absolute atomic E-state index is 0.113. The number of nitrogens with one attached hydrogen (secondary N) is 1. The van der Waals surface area contributed by atoms with E-state index in [1.807, 2.05) is 0 Å². The van der Waals surface area contributed by atoms with Gasteiger partial charge in [0.25, 0.3) is 5.91 Å². The van der Waals surface area contributed by atoms with Gasteiger partial charge in [-0.3, -0.25) is 10.1 Å². The molecule has 0 aliphatic carbocycles. The second kappa shape index (κ2) is 8.44. The van der Waals surface area contributed by atoms with Crippen LogP contribution in [0.5, 0.6) is 5.75 Å². The normalized spacial score (nSPS) is 11.9. The van der Waals surface area contributed by atoms with Gasteiger partial charge in [0.1, 0.15) is 5.75 Å². The number of alkyl halides is 3. The summed E-state index contributed by atoms with van der Waals surface area (Å²) in [4.78, 5) is 17.3. The number of halogens is 3. The predicted octanol–water partition coefficient (Wildman–Crippen LogP) is 4.29. The lowest BCUT2D eigenvalue weighted by atomic mass is 10.1. The highest BCUT2D eigenvalue weighted by Crippen LogP contribution is 2.25. The third-order valence-electron chi connectivity index (χ3n) is 3.85. The van der Waals surface area contributed by atoms with Crippen LogP contribution in [0.25, 0.3) is 0 Å². The Morgan fingerprint density at radius 1 is 1.10 bits per heavy atom. The third kappa shape index (κ3) is 6.04. The Morgan fingerprint density at radius 3 is 2.30 bits per heavy atom. The second-order valence-electron chi connectivity index (χ2n) is 6.25. The Balaban J connectivity index is 1.61. The van der Waals surface area contributed by atoms with Crippen LogP contribution in [0.2, 0.25) is 0 Å². The Labute approximate surface area is 174 Å². The van der Waals surface area contributed by atoms with E-state index < -0.39 is 22.1 Å². The van der Waals surface area contributed by atoms with Gasteiger partial charge in [-0.2, -0.15) is 0 Å². The number of ether oxygens (including phenoxy) is 1. The Kier molecular flexibility index (Phi) is 6.13. The summed E-state index contributed by atoms with van der Waals surface area (Å²) in [6.45, 7) is 0. The number of thiazole rings is 1. The topological polar surface area (TPSA) is 85.4 Å². The summed E-state index contributed by atoms with van der Waals surface area (Å²) < 4.78 is 63.4. The molecule has 0 saturated heterocycles. The van der Waals surface area contributed by atoms with Gasteiger partial charge in [0, 0.05) is 29.3 Å². The lowest BCUT2D eigenvalue weighted by molar-refractivity contribution is -0.274. The molecular weight excluding hydrogens is 441 g/mol. The minimum Gasteiger partial charge on any atom is -0.406 e. The van der Waals surface area contributed by atoms with Crippen molar-refractivity contribution in [3.63, 3.8) is 0 Å². The maximum atomic E-state index is 12.3. The summed E-state index contributed by atoms with van der Waals surface area (Å²) in [6, 6.07) is 11.0. The molecule has 1 heterocycles. The Bertz CT molecular complexity index is 1140. The van der Waals surface area contributed by atoms with E-state index in [9.17, 15) is 26.4 Å². The summed E-state index contributed by atoms with van der Waals surface area (Å²) >= 11 is 1.22. The lowest BCUT2D eigenvalue weighted by Gasteiger charge is -2.08. The highest BCUT2D eigenvalue weighted by molar-refractivity contribution is 7.90. The molecule has 0 saturated carbocycles. The van der Waals surface area contributed by atoms with E-state index in [1.54, 1.807) is 6.20 Å². The summed E-state index contributed by atoms with van der Waals surface area (Å²) in [5, 5.41) is 2.98. The summed E-state index contributed by atoms with van der Waals surface area (Å²) in [7, 11) is -3.35. The number of amides is 1. The molecule has 0 radical (unpaired) electrons. The van der Waals surface area contributed by atoms with Crippen molar-refractivity contribution in [1.29, 1.82) is 0 Å². The second-order valence-corrected chi connectivity index (χ2v) is 9.38. The van der Waals surface area contributed by atoms with Gasteiger partial charge in [-0.25, -0.2) is 13.4 Å². The van der Waals surface area contributed by atoms with Crippen LogP contribution in [0.15, 0.2) is 59.6 Å². The Morgan fingerprint density at radius 2 is 1.73 bits per heavy atom. The molecule has 0 spiro atoms. The van der Waals surface area contributed by atoms with Crippen molar-refractivity contribution < 1.29 is 31.1 Å². The van der Waals surface area contributed by atoms with Crippen LogP contribution in [0.1, 0.15) is 20.8 Å². The smallest absolute Gasteiger partial charge is 0.406 e. The summed E-state index contributed by atoms with van der Waals surface area (Å²) in [5.41, 5.74) is 1.03. The standard InChI is InChI=1S/C19H15F3N2O4S2/c1-30(26,27)16-8-4-13(5-9-16)17(25)24-18-23-11-15(29-18)10-12-2-6-14(7-3-12)28-19(20,21)22/h2-9,11H,10H2,1H3,(H,23,24,25). The fourth-order valence-electron chi connectivity index (χ4n) is 2.48. The average molecular weight is 456 g/mol. The number of hydrogen-bond acceptors (Lipinski definition) is 6. The molecule has 1 amide bonds. The number of nitrogens with zero attached hydrogens (tertiary/aromatic N) is 1. The number of anilines is 1. The number of rotatable bonds is 6. The molecule has 0 aliphatic rings. The number of benzene rings is 2. The number of carbonyl (C=O) groups excluding carboxylic acids is 1. The highest BCUT2D eigenvalue weighted by Gasteiger charge is 2.30. The molecule has 1 aromatic heterocycles. The van der Waals surface area contributed by atoms with Crippen LogP contribution >= 0.6 is 11.3 Å². The van der Waals surface area contributed by atoms with Crippen LogP contribution in [-0.4, -0.2) is 31.9 Å². The molecule has 0 bridgehead atoms. The first-order chi connectivity index (χ1) is 14.0. The maximum absolute atomic E-state index is 12.3. The first kappa shape index (κ1) is 21.8. The van der Waals surface area contributed by atoms with E-state index in [2.05, 4.69) is 15.0 Å². The first-order valence-corrected chi connectivity index (χ1v) is 11.1. The van der Waals surface area contributed by atoms with E-state index in [0.717, 1.165) is 16.7 Å². The van der Waals surface area contributed by atoms with E-state index in [-0.39, 0.29) is 16.2 Å². The van der Waals surface area contributed by atoms with Crippen LogP contribution < -0.4 is 10.1 Å². The fraction of sp³-hybridized carbons (Fsp3) is 0.158. The van der Waals surface area contributed by atoms with Gasteiger partial charge in [-0.05, 0) is 42.0 Å².